The molecule has 0 N–H and O–H groups in total. The first-order chi connectivity index (χ1) is 16.7. The largest absolute Gasteiger partial charge is 0.462 e. The number of esters is 1. The number of fused-ring (bicyclic) bond motifs is 1. The van der Waals surface area contributed by atoms with Crippen LogP contribution in [-0.4, -0.2) is 23.4 Å². The van der Waals surface area contributed by atoms with Crippen molar-refractivity contribution in [1.29, 1.82) is 0 Å². The summed E-state index contributed by atoms with van der Waals surface area (Å²) in [7, 11) is 0. The number of rotatable bonds is 6. The van der Waals surface area contributed by atoms with Gasteiger partial charge in [0.05, 0.1) is 38.5 Å². The van der Waals surface area contributed by atoms with Gasteiger partial charge in [0.15, 0.2) is 4.80 Å². The SMILES string of the molecule is CSc1ccc(C2C(C(=O)OCC(C)C)=C(C)N=c3sc(=Cc4ccc(Cl)c(Cl)c4)c(=O)n32)cc1. The van der Waals surface area contributed by atoms with Crippen molar-refractivity contribution in [1.82, 2.24) is 4.57 Å². The minimum Gasteiger partial charge on any atom is -0.462 e. The van der Waals surface area contributed by atoms with E-state index in [2.05, 4.69) is 4.99 Å². The van der Waals surface area contributed by atoms with Crippen molar-refractivity contribution in [2.75, 3.05) is 12.9 Å². The summed E-state index contributed by atoms with van der Waals surface area (Å²) < 4.78 is 7.65. The lowest BCUT2D eigenvalue weighted by molar-refractivity contribution is -0.140. The Hall–Kier alpha value is -2.32. The quantitative estimate of drug-likeness (QED) is 0.304. The summed E-state index contributed by atoms with van der Waals surface area (Å²) in [6.07, 6.45) is 3.76. The van der Waals surface area contributed by atoms with Crippen LogP contribution in [0, 0.1) is 5.92 Å². The van der Waals surface area contributed by atoms with Crippen molar-refractivity contribution in [3.05, 3.63) is 94.6 Å². The number of hydrogen-bond donors (Lipinski definition) is 0. The van der Waals surface area contributed by atoms with E-state index in [4.69, 9.17) is 27.9 Å². The summed E-state index contributed by atoms with van der Waals surface area (Å²) in [5, 5.41) is 0.852. The van der Waals surface area contributed by atoms with E-state index in [1.807, 2.05) is 44.4 Å². The molecule has 0 bridgehead atoms. The monoisotopic (exact) mass is 546 g/mol. The summed E-state index contributed by atoms with van der Waals surface area (Å²) in [5.74, 6) is -0.274. The van der Waals surface area contributed by atoms with Crippen LogP contribution in [-0.2, 0) is 9.53 Å². The molecule has 2 aromatic carbocycles. The van der Waals surface area contributed by atoms with Gasteiger partial charge in [0.2, 0.25) is 0 Å². The lowest BCUT2D eigenvalue weighted by atomic mass is 9.96. The molecular formula is C26H24Cl2N2O3S2. The smallest absolute Gasteiger partial charge is 0.338 e. The number of benzene rings is 2. The lowest BCUT2D eigenvalue weighted by Gasteiger charge is -2.25. The molecule has 1 atom stereocenters. The number of carbonyl (C=O) groups excluding carboxylic acids is 1. The fourth-order valence-electron chi connectivity index (χ4n) is 3.76. The van der Waals surface area contributed by atoms with Gasteiger partial charge >= 0.3 is 5.97 Å². The molecule has 0 fully saturated rings. The number of hydrogen-bond acceptors (Lipinski definition) is 6. The molecule has 35 heavy (non-hydrogen) atoms. The minimum absolute atomic E-state index is 0.187. The maximum Gasteiger partial charge on any atom is 0.338 e. The van der Waals surface area contributed by atoms with Gasteiger partial charge in [-0.25, -0.2) is 9.79 Å². The van der Waals surface area contributed by atoms with Crippen molar-refractivity contribution in [3.8, 4) is 0 Å². The van der Waals surface area contributed by atoms with Gasteiger partial charge in [0.25, 0.3) is 5.56 Å². The zero-order chi connectivity index (χ0) is 25.3. The fourth-order valence-corrected chi connectivity index (χ4v) is 5.52. The standard InChI is InChI=1S/C26H24Cl2N2O3S2/c1-14(2)13-33-25(32)22-15(3)29-26-30(23(22)17-6-8-18(34-4)9-7-17)24(31)21(35-26)12-16-5-10-19(27)20(28)11-16/h5-12,14,23H,13H2,1-4H3. The lowest BCUT2D eigenvalue weighted by Crippen LogP contribution is -2.40. The molecule has 2 heterocycles. The van der Waals surface area contributed by atoms with Crippen molar-refractivity contribution >= 4 is 58.3 Å². The molecule has 0 saturated heterocycles. The first kappa shape index (κ1) is 25.8. The summed E-state index contributed by atoms with van der Waals surface area (Å²) in [6, 6.07) is 12.4. The van der Waals surface area contributed by atoms with E-state index in [0.717, 1.165) is 16.0 Å². The highest BCUT2D eigenvalue weighted by atomic mass is 35.5. The van der Waals surface area contributed by atoms with E-state index >= 15 is 0 Å². The van der Waals surface area contributed by atoms with Crippen LogP contribution in [0.2, 0.25) is 10.0 Å². The molecular weight excluding hydrogens is 523 g/mol. The first-order valence-corrected chi connectivity index (χ1v) is 13.8. The van der Waals surface area contributed by atoms with E-state index in [0.29, 0.717) is 30.6 Å². The highest BCUT2D eigenvalue weighted by molar-refractivity contribution is 7.98. The number of carbonyl (C=O) groups is 1. The second-order valence-corrected chi connectivity index (χ2v) is 11.2. The van der Waals surface area contributed by atoms with Gasteiger partial charge in [0, 0.05) is 4.90 Å². The van der Waals surface area contributed by atoms with Crippen LogP contribution in [0.4, 0.5) is 0 Å². The number of allylic oxidation sites excluding steroid dienone is 1. The Kier molecular flexibility index (Phi) is 7.91. The Morgan fingerprint density at radius 2 is 1.91 bits per heavy atom. The van der Waals surface area contributed by atoms with E-state index in [1.165, 1.54) is 11.3 Å². The van der Waals surface area contributed by atoms with E-state index in [1.54, 1.807) is 47.5 Å². The summed E-state index contributed by atoms with van der Waals surface area (Å²) in [6.45, 7) is 6.02. The molecule has 1 aromatic heterocycles. The van der Waals surface area contributed by atoms with Crippen molar-refractivity contribution in [3.63, 3.8) is 0 Å². The van der Waals surface area contributed by atoms with Crippen LogP contribution in [0.15, 0.2) is 68.4 Å². The number of thioether (sulfide) groups is 1. The molecule has 0 spiro atoms. The number of aromatic nitrogens is 1. The van der Waals surface area contributed by atoms with Crippen LogP contribution in [0.3, 0.4) is 0 Å². The normalized spacial score (nSPS) is 15.9. The molecule has 0 saturated carbocycles. The minimum atomic E-state index is -0.641. The topological polar surface area (TPSA) is 60.7 Å². The van der Waals surface area contributed by atoms with Crippen LogP contribution in [0.1, 0.15) is 37.9 Å². The summed E-state index contributed by atoms with van der Waals surface area (Å²) >= 11 is 15.1. The number of ether oxygens (including phenoxy) is 1. The molecule has 0 radical (unpaired) electrons. The summed E-state index contributed by atoms with van der Waals surface area (Å²) in [4.78, 5) is 33.1. The van der Waals surface area contributed by atoms with Gasteiger partial charge in [-0.05, 0) is 60.6 Å². The summed E-state index contributed by atoms with van der Waals surface area (Å²) in [5.41, 5.74) is 2.24. The molecule has 1 unspecified atom stereocenters. The zero-order valence-electron chi connectivity index (χ0n) is 19.7. The Morgan fingerprint density at radius 3 is 2.54 bits per heavy atom. The second-order valence-electron chi connectivity index (χ2n) is 8.52. The Morgan fingerprint density at radius 1 is 1.20 bits per heavy atom. The van der Waals surface area contributed by atoms with E-state index < -0.39 is 12.0 Å². The van der Waals surface area contributed by atoms with Crippen molar-refractivity contribution in [2.24, 2.45) is 10.9 Å². The van der Waals surface area contributed by atoms with Crippen molar-refractivity contribution in [2.45, 2.75) is 31.7 Å². The third-order valence-electron chi connectivity index (χ3n) is 5.46. The molecule has 4 rings (SSSR count). The molecule has 5 nitrogen and oxygen atoms in total. The van der Waals surface area contributed by atoms with E-state index in [9.17, 15) is 9.59 Å². The van der Waals surface area contributed by atoms with Gasteiger partial charge < -0.3 is 4.74 Å². The number of thiazole rings is 1. The molecule has 0 amide bonds. The van der Waals surface area contributed by atoms with Gasteiger partial charge in [-0.1, -0.05) is 66.6 Å². The van der Waals surface area contributed by atoms with Gasteiger partial charge in [-0.3, -0.25) is 9.36 Å². The van der Waals surface area contributed by atoms with Crippen LogP contribution in [0.5, 0.6) is 0 Å². The van der Waals surface area contributed by atoms with Crippen LogP contribution < -0.4 is 14.9 Å². The van der Waals surface area contributed by atoms with E-state index in [-0.39, 0.29) is 18.1 Å². The molecule has 0 aliphatic carbocycles. The Labute approximate surface area is 221 Å². The van der Waals surface area contributed by atoms with Gasteiger partial charge in [-0.2, -0.15) is 0 Å². The highest BCUT2D eigenvalue weighted by Crippen LogP contribution is 2.32. The molecule has 1 aliphatic heterocycles. The maximum atomic E-state index is 13.7. The van der Waals surface area contributed by atoms with Crippen molar-refractivity contribution < 1.29 is 9.53 Å². The third-order valence-corrected chi connectivity index (χ3v) is 7.93. The zero-order valence-corrected chi connectivity index (χ0v) is 22.8. The predicted molar refractivity (Wildman–Crippen MR) is 144 cm³/mol. The number of nitrogens with zero attached hydrogens (tertiary/aromatic N) is 2. The Bertz CT molecular complexity index is 1490. The second kappa shape index (κ2) is 10.7. The number of halogens is 2. The van der Waals surface area contributed by atoms with Gasteiger partial charge in [0.1, 0.15) is 0 Å². The van der Waals surface area contributed by atoms with Crippen LogP contribution >= 0.6 is 46.3 Å². The Balaban J connectivity index is 1.89. The maximum absolute atomic E-state index is 13.7. The third kappa shape index (κ3) is 5.43. The fraction of sp³-hybridized carbons (Fsp3) is 0.269. The average Bonchev–Trinajstić information content (AvgIpc) is 3.13. The highest BCUT2D eigenvalue weighted by Gasteiger charge is 2.33. The molecule has 3 aromatic rings. The molecule has 9 heteroatoms. The predicted octanol–water partition coefficient (Wildman–Crippen LogP) is 5.46. The molecule has 182 valence electrons. The van der Waals surface area contributed by atoms with Crippen LogP contribution in [0.25, 0.3) is 6.08 Å². The molecule has 1 aliphatic rings. The first-order valence-electron chi connectivity index (χ1n) is 11.0. The van der Waals surface area contributed by atoms with Gasteiger partial charge in [-0.15, -0.1) is 11.8 Å². The average molecular weight is 548 g/mol.